The number of hydrogen-bond donors (Lipinski definition) is 0. The Morgan fingerprint density at radius 1 is 1.00 bits per heavy atom. The van der Waals surface area contributed by atoms with Crippen molar-refractivity contribution in [2.24, 2.45) is 7.05 Å². The highest BCUT2D eigenvalue weighted by Crippen LogP contribution is 2.56. The molecule has 1 heterocycles. The average Bonchev–Trinajstić information content (AvgIpc) is 2.78. The number of alkyl halides is 10. The van der Waals surface area contributed by atoms with Gasteiger partial charge in [0.05, 0.1) is 5.88 Å². The van der Waals surface area contributed by atoms with Crippen LogP contribution in [0.5, 0.6) is 0 Å². The number of ketones is 1. The fourth-order valence-electron chi connectivity index (χ4n) is 1.42. The fourth-order valence-corrected chi connectivity index (χ4v) is 1.54. The third kappa shape index (κ3) is 2.74. The van der Waals surface area contributed by atoms with Gasteiger partial charge in [-0.15, -0.1) is 21.8 Å². The lowest BCUT2D eigenvalue weighted by molar-refractivity contribution is -0.401. The predicted octanol–water partition coefficient (Wildman–Crippen LogP) is 3.16. The van der Waals surface area contributed by atoms with Crippen LogP contribution in [-0.4, -0.2) is 44.4 Å². The Labute approximate surface area is 126 Å². The summed E-state index contributed by atoms with van der Waals surface area (Å²) in [6, 6.07) is 0. The van der Waals surface area contributed by atoms with Crippen molar-refractivity contribution in [1.82, 2.24) is 14.8 Å². The van der Waals surface area contributed by atoms with Gasteiger partial charge in [-0.05, 0) is 0 Å². The molecule has 0 bridgehead atoms. The van der Waals surface area contributed by atoms with Crippen LogP contribution in [0.4, 0.5) is 39.5 Å². The van der Waals surface area contributed by atoms with E-state index in [4.69, 9.17) is 11.6 Å². The molecule has 14 heteroatoms. The number of halogens is 10. The minimum atomic E-state index is -7.06. The third-order valence-electron chi connectivity index (χ3n) is 2.67. The molecule has 4 nitrogen and oxygen atoms in total. The van der Waals surface area contributed by atoms with E-state index in [1.165, 1.54) is 0 Å². The molecule has 0 aliphatic carbocycles. The van der Waals surface area contributed by atoms with Crippen molar-refractivity contribution in [2.75, 3.05) is 5.88 Å². The number of rotatable bonds is 5. The summed E-state index contributed by atoms with van der Waals surface area (Å²) in [5.74, 6) is -25.3. The first-order valence-corrected chi connectivity index (χ1v) is 5.85. The van der Waals surface area contributed by atoms with E-state index in [2.05, 4.69) is 10.2 Å². The van der Waals surface area contributed by atoms with Gasteiger partial charge >= 0.3 is 23.9 Å². The van der Waals surface area contributed by atoms with Gasteiger partial charge in [-0.1, -0.05) is 0 Å². The van der Waals surface area contributed by atoms with E-state index in [1.54, 1.807) is 0 Å². The lowest BCUT2D eigenvalue weighted by Gasteiger charge is -2.32. The maximum Gasteiger partial charge on any atom is 0.460 e. The van der Waals surface area contributed by atoms with E-state index in [9.17, 15) is 44.3 Å². The normalized spacial score (nSPS) is 14.2. The Bertz CT molecular complexity index is 610. The van der Waals surface area contributed by atoms with Gasteiger partial charge in [0.1, 0.15) is 0 Å². The van der Waals surface area contributed by atoms with Crippen molar-refractivity contribution >= 4 is 17.4 Å². The molecule has 0 N–H and O–H groups in total. The molecule has 0 aliphatic rings. The molecule has 0 radical (unpaired) electrons. The molecule has 0 saturated heterocycles. The van der Waals surface area contributed by atoms with Crippen molar-refractivity contribution in [3.63, 3.8) is 0 Å². The molecule has 0 atom stereocenters. The van der Waals surface area contributed by atoms with E-state index in [1.807, 2.05) is 0 Å². The molecular formula is C9H5ClF9N3O. The summed E-state index contributed by atoms with van der Waals surface area (Å²) in [6.07, 6.45) is -6.95. The Kier molecular flexibility index (Phi) is 4.69. The topological polar surface area (TPSA) is 47.8 Å². The van der Waals surface area contributed by atoms with Crippen LogP contribution < -0.4 is 0 Å². The minimum Gasteiger partial charge on any atom is -0.306 e. The van der Waals surface area contributed by atoms with E-state index in [0.717, 1.165) is 0 Å². The van der Waals surface area contributed by atoms with E-state index in [0.29, 0.717) is 7.05 Å². The predicted molar refractivity (Wildman–Crippen MR) is 55.9 cm³/mol. The number of carbonyl (C=O) groups excluding carboxylic acids is 1. The van der Waals surface area contributed by atoms with Gasteiger partial charge < -0.3 is 4.57 Å². The monoisotopic (exact) mass is 377 g/mol. The summed E-state index contributed by atoms with van der Waals surface area (Å²) in [5.41, 5.74) is 0. The van der Waals surface area contributed by atoms with Crippen molar-refractivity contribution < 1.29 is 44.3 Å². The van der Waals surface area contributed by atoms with Crippen LogP contribution in [0.3, 0.4) is 0 Å². The molecule has 0 spiro atoms. The first-order valence-electron chi connectivity index (χ1n) is 5.32. The molecule has 1 rings (SSSR count). The van der Waals surface area contributed by atoms with Gasteiger partial charge in [0.25, 0.3) is 0 Å². The summed E-state index contributed by atoms with van der Waals surface area (Å²) in [4.78, 5) is 11.2. The molecule has 0 saturated carbocycles. The summed E-state index contributed by atoms with van der Waals surface area (Å²) < 4.78 is 115. The van der Waals surface area contributed by atoms with Gasteiger partial charge in [0, 0.05) is 7.05 Å². The molecular weight excluding hydrogens is 373 g/mol. The summed E-state index contributed by atoms with van der Waals surface area (Å²) in [7, 11) is 0.505. The maximum absolute atomic E-state index is 13.6. The second kappa shape index (κ2) is 5.53. The van der Waals surface area contributed by atoms with Crippen molar-refractivity contribution in [3.05, 3.63) is 11.6 Å². The summed E-state index contributed by atoms with van der Waals surface area (Å²) >= 11 is 5.07. The van der Waals surface area contributed by atoms with Gasteiger partial charge in [-0.3, -0.25) is 4.79 Å². The van der Waals surface area contributed by atoms with E-state index >= 15 is 0 Å². The van der Waals surface area contributed by atoms with Crippen LogP contribution in [0, 0.1) is 0 Å². The second-order valence-electron chi connectivity index (χ2n) is 4.18. The average molecular weight is 378 g/mol. The van der Waals surface area contributed by atoms with Gasteiger partial charge in [-0.25, -0.2) is 0 Å². The van der Waals surface area contributed by atoms with Crippen molar-refractivity contribution in [3.8, 4) is 0 Å². The van der Waals surface area contributed by atoms with Crippen LogP contribution in [0.25, 0.3) is 0 Å². The summed E-state index contributed by atoms with van der Waals surface area (Å²) in [6.45, 7) is 0. The quantitative estimate of drug-likeness (QED) is 0.450. The highest BCUT2D eigenvalue weighted by molar-refractivity contribution is 6.29. The smallest absolute Gasteiger partial charge is 0.306 e. The molecule has 0 fully saturated rings. The minimum absolute atomic E-state index is 0.134. The number of nitrogens with zero attached hydrogens (tertiary/aromatic N) is 3. The standard InChI is InChI=1S/C9H5ClF9N3O/c1-22-4(3(23)2-10)20-21-5(22)6(11,12)7(13,14)8(15,16)9(17,18)19/h2H2,1H3. The largest absolute Gasteiger partial charge is 0.460 e. The highest BCUT2D eigenvalue weighted by Gasteiger charge is 2.83. The molecule has 0 amide bonds. The van der Waals surface area contributed by atoms with Crippen molar-refractivity contribution in [1.29, 1.82) is 0 Å². The van der Waals surface area contributed by atoms with Crippen LogP contribution in [0.15, 0.2) is 0 Å². The zero-order valence-electron chi connectivity index (χ0n) is 10.7. The molecule has 0 unspecified atom stereocenters. The van der Waals surface area contributed by atoms with Crippen LogP contribution in [0.1, 0.15) is 16.4 Å². The number of carbonyl (C=O) groups is 1. The molecule has 23 heavy (non-hydrogen) atoms. The second-order valence-corrected chi connectivity index (χ2v) is 4.45. The number of hydrogen-bond acceptors (Lipinski definition) is 3. The van der Waals surface area contributed by atoms with Gasteiger partial charge in [0.2, 0.25) is 17.4 Å². The van der Waals surface area contributed by atoms with Crippen molar-refractivity contribution in [2.45, 2.75) is 23.9 Å². The van der Waals surface area contributed by atoms with Gasteiger partial charge in [-0.2, -0.15) is 39.5 Å². The number of aromatic nitrogens is 3. The third-order valence-corrected chi connectivity index (χ3v) is 2.91. The van der Waals surface area contributed by atoms with E-state index < -0.39 is 47.3 Å². The molecule has 1 aromatic rings. The maximum atomic E-state index is 13.6. The Morgan fingerprint density at radius 2 is 1.48 bits per heavy atom. The first kappa shape index (κ1) is 19.5. The van der Waals surface area contributed by atoms with Gasteiger partial charge in [0.15, 0.2) is 0 Å². The first-order chi connectivity index (χ1) is 10.1. The zero-order valence-corrected chi connectivity index (χ0v) is 11.5. The SMILES string of the molecule is Cn1c(C(=O)CCl)nnc1C(F)(F)C(F)(F)C(F)(F)C(F)(F)F. The van der Waals surface area contributed by atoms with Crippen LogP contribution >= 0.6 is 11.6 Å². The van der Waals surface area contributed by atoms with E-state index in [-0.39, 0.29) is 4.57 Å². The Balaban J connectivity index is 3.47. The van der Waals surface area contributed by atoms with Crippen LogP contribution in [0.2, 0.25) is 0 Å². The molecule has 0 aliphatic heterocycles. The Hall–Kier alpha value is -1.53. The summed E-state index contributed by atoms with van der Waals surface area (Å²) in [5, 5.41) is 5.17. The number of Topliss-reactive ketones (excluding diaryl/α,β-unsaturated/α-hetero) is 1. The lowest BCUT2D eigenvalue weighted by atomic mass is 10.0. The Morgan fingerprint density at radius 3 is 1.87 bits per heavy atom. The zero-order chi connectivity index (χ0) is 18.4. The molecule has 0 aromatic carbocycles. The lowest BCUT2D eigenvalue weighted by Crippen LogP contribution is -2.60. The molecule has 132 valence electrons. The fraction of sp³-hybridized carbons (Fsp3) is 0.667. The molecule has 1 aromatic heterocycles. The highest BCUT2D eigenvalue weighted by atomic mass is 35.5. The van der Waals surface area contributed by atoms with Crippen LogP contribution in [-0.2, 0) is 13.0 Å².